The van der Waals surface area contributed by atoms with Crippen LogP contribution in [0.3, 0.4) is 0 Å². The minimum atomic E-state index is -2.08. The first-order chi connectivity index (χ1) is 10.4. The Morgan fingerprint density at radius 3 is 0.429 bits per heavy atom. The van der Waals surface area contributed by atoms with E-state index >= 15 is 0 Å². The summed E-state index contributed by atoms with van der Waals surface area (Å²) in [5.74, 6) is 0. The maximum Gasteiger partial charge on any atom is 2.00 e. The normalized spacial score (nSPS) is 5.14. The van der Waals surface area contributed by atoms with E-state index in [0.29, 0.717) is 0 Å². The minimum Gasteiger partial charge on any atom is -0.565 e. The predicted octanol–water partition coefficient (Wildman–Crippen LogP) is -13.4. The Balaban J connectivity index is -0.0000000169. The van der Waals surface area contributed by atoms with Crippen LogP contribution in [0, 0.1) is 0 Å². The molecule has 0 bridgehead atoms. The van der Waals surface area contributed by atoms with Crippen molar-refractivity contribution in [1.29, 1.82) is 0 Å². The molecule has 0 aliphatic rings. The molecule has 18 nitrogen and oxygen atoms in total. The first-order valence-corrected chi connectivity index (χ1v) is 3.79. The number of carboxylic acid groups (broad SMARTS) is 12. The minimum absolute atomic E-state index is 0. The second kappa shape index (κ2) is 56.4. The number of hydrogen-bond acceptors (Lipinski definition) is 12. The van der Waals surface area contributed by atoms with Crippen molar-refractivity contribution in [1.82, 2.24) is 0 Å². The third kappa shape index (κ3) is 211000. The summed E-state index contributed by atoms with van der Waals surface area (Å²) in [5.41, 5.74) is 0. The molecule has 0 unspecified atom stereocenters. The van der Waals surface area contributed by atoms with E-state index in [4.69, 9.17) is 90.0 Å². The summed E-state index contributed by atoms with van der Waals surface area (Å²) in [6.07, 6.45) is -12.5. The molecule has 28 heavy (non-hydrogen) atoms. The molecule has 0 atom stereocenters. The van der Waals surface area contributed by atoms with Crippen LogP contribution in [0.5, 0.6) is 0 Å². The Kier molecular flexibility index (Phi) is 127. The molecule has 0 amide bonds. The number of rotatable bonds is 0. The Labute approximate surface area is 264 Å². The predicted molar refractivity (Wildman–Crippen MR) is 59.7 cm³/mol. The average Bonchev–Trinajstić information content (AvgIpc) is 2.08. The molecular weight excluding hydrogens is 487 g/mol. The largest absolute Gasteiger partial charge is 2.00 e. The van der Waals surface area contributed by atoms with Crippen LogP contribution in [-0.2, 0) is 0 Å². The van der Waals surface area contributed by atoms with E-state index in [1.807, 2.05) is 0 Å². The molecule has 0 aromatic carbocycles. The van der Waals surface area contributed by atoms with Crippen molar-refractivity contribution in [3.8, 4) is 0 Å². The van der Waals surface area contributed by atoms with Crippen LogP contribution in [0.15, 0.2) is 0 Å². The molecule has 0 aliphatic carbocycles. The summed E-state index contributed by atoms with van der Waals surface area (Å²) in [7, 11) is 0. The van der Waals surface area contributed by atoms with Crippen molar-refractivity contribution in [2.45, 2.75) is 0 Å². The van der Waals surface area contributed by atoms with Gasteiger partial charge in [0, 0.05) is 0 Å². The van der Waals surface area contributed by atoms with Crippen LogP contribution in [0.2, 0.25) is 0 Å². The van der Waals surface area contributed by atoms with E-state index in [2.05, 4.69) is 0 Å². The quantitative estimate of drug-likeness (QED) is 0.171. The zero-order chi connectivity index (χ0) is 21.5. The van der Waals surface area contributed by atoms with Crippen LogP contribution in [0.4, 0.5) is 28.8 Å². The van der Waals surface area contributed by atoms with Crippen LogP contribution in [-0.4, -0.2) is 128 Å². The van der Waals surface area contributed by atoms with E-state index in [1.165, 1.54) is 0 Å². The van der Waals surface area contributed by atoms with Gasteiger partial charge in [0.1, 0.15) is 0 Å². The molecule has 6 N–H and O–H groups in total. The maximum absolute atomic E-state index is 8.44. The average molecular weight is 493 g/mol. The van der Waals surface area contributed by atoms with E-state index in [1.54, 1.807) is 0 Å². The number of hydrogen-bond donors (Lipinski definition) is 6. The Morgan fingerprint density at radius 1 is 0.429 bits per heavy atom. The molecular formula is C6H6CaKMgNaO18. The third-order valence-corrected chi connectivity index (χ3v) is 0. The Hall–Kier alpha value is 0.282. The zero-order valence-electron chi connectivity index (χ0n) is 14.0. The summed E-state index contributed by atoms with van der Waals surface area (Å²) in [6.45, 7) is 0. The van der Waals surface area contributed by atoms with E-state index in [-0.39, 0.29) is 142 Å². The second-order valence-electron chi connectivity index (χ2n) is 1.60. The van der Waals surface area contributed by atoms with Gasteiger partial charge in [0.25, 0.3) is 0 Å². The van der Waals surface area contributed by atoms with Crippen molar-refractivity contribution in [2.24, 2.45) is 0 Å². The van der Waals surface area contributed by atoms with Crippen molar-refractivity contribution in [2.75, 3.05) is 0 Å². The summed E-state index contributed by atoms with van der Waals surface area (Å²) in [6, 6.07) is 0. The summed E-state index contributed by atoms with van der Waals surface area (Å²) < 4.78 is 0. The third-order valence-electron chi connectivity index (χ3n) is 0. The van der Waals surface area contributed by atoms with Gasteiger partial charge in [0.2, 0.25) is 36.9 Å². The fraction of sp³-hybridized carbons (Fsp3) is 0. The van der Waals surface area contributed by atoms with Crippen LogP contribution < -0.4 is 112 Å². The van der Waals surface area contributed by atoms with Crippen molar-refractivity contribution in [3.05, 3.63) is 0 Å². The molecule has 0 heterocycles. The summed E-state index contributed by atoms with van der Waals surface area (Å²) in [5, 5.41) is 91.8. The SMILES string of the molecule is O=C([O-])O.O=C([O-])O.O=C([O-])O.O=C([O-])O.O=C([O-])O.O=C([O-])O.[Ca+2].[K+].[Mg+2].[Na+]. The van der Waals surface area contributed by atoms with Gasteiger partial charge in [-0.1, -0.05) is 0 Å². The Bertz CT molecular complexity index is 275. The smallest absolute Gasteiger partial charge is 0.565 e. The molecule has 0 rings (SSSR count). The molecule has 0 aromatic heterocycles. The maximum atomic E-state index is 8.44. The van der Waals surface area contributed by atoms with Gasteiger partial charge >= 0.3 is 142 Å². The van der Waals surface area contributed by atoms with Crippen molar-refractivity contribution in [3.63, 3.8) is 0 Å². The topological polar surface area (TPSA) is 362 Å². The van der Waals surface area contributed by atoms with Crippen LogP contribution in [0.25, 0.3) is 0 Å². The van der Waals surface area contributed by atoms with E-state index in [9.17, 15) is 0 Å². The van der Waals surface area contributed by atoms with Gasteiger partial charge in [-0.15, -0.1) is 0 Å². The first-order valence-electron chi connectivity index (χ1n) is 3.79. The van der Waals surface area contributed by atoms with Crippen LogP contribution in [0.1, 0.15) is 0 Å². The van der Waals surface area contributed by atoms with Gasteiger partial charge in [-0.05, 0) is 0 Å². The molecule has 0 aromatic rings. The summed E-state index contributed by atoms with van der Waals surface area (Å²) in [4.78, 5) is 50.7. The molecule has 0 aliphatic heterocycles. The molecule has 22 heteroatoms. The molecule has 0 saturated carbocycles. The van der Waals surface area contributed by atoms with E-state index < -0.39 is 36.9 Å². The standard InChI is InChI=1S/6CH2O3.Ca.K.Mg.Na/c6*2-1(3)4;;;;/h6*(H2,2,3,4);;;;/q;;;;;;+2;+1;+2;+1/p-6. The Morgan fingerprint density at radius 2 is 0.429 bits per heavy atom. The van der Waals surface area contributed by atoms with Gasteiger partial charge < -0.3 is 90.0 Å². The second-order valence-corrected chi connectivity index (χ2v) is 1.60. The fourth-order valence-electron chi connectivity index (χ4n) is 0. The van der Waals surface area contributed by atoms with Crippen LogP contribution >= 0.6 is 0 Å². The first kappa shape index (κ1) is 63.0. The van der Waals surface area contributed by atoms with Gasteiger partial charge in [0.15, 0.2) is 0 Å². The molecule has 0 saturated heterocycles. The van der Waals surface area contributed by atoms with Gasteiger partial charge in [-0.25, -0.2) is 0 Å². The molecule has 0 spiro atoms. The number of carbonyl (C=O) groups is 6. The molecule has 0 radical (unpaired) electrons. The molecule has 144 valence electrons. The van der Waals surface area contributed by atoms with Gasteiger partial charge in [0.05, 0.1) is 0 Å². The van der Waals surface area contributed by atoms with E-state index in [0.717, 1.165) is 0 Å². The van der Waals surface area contributed by atoms with Gasteiger partial charge in [-0.3, -0.25) is 0 Å². The van der Waals surface area contributed by atoms with Crippen molar-refractivity contribution < 1.29 is 171 Å². The van der Waals surface area contributed by atoms with Crippen molar-refractivity contribution >= 4 is 97.7 Å². The summed E-state index contributed by atoms with van der Waals surface area (Å²) >= 11 is 0. The fourth-order valence-corrected chi connectivity index (χ4v) is 0. The molecule has 0 fully saturated rings. The monoisotopic (exact) mass is 492 g/mol. The van der Waals surface area contributed by atoms with Gasteiger partial charge in [-0.2, -0.15) is 0 Å². The zero-order valence-corrected chi connectivity index (χ0v) is 22.7.